The van der Waals surface area contributed by atoms with Gasteiger partial charge in [0, 0.05) is 50.7 Å². The lowest BCUT2D eigenvalue weighted by molar-refractivity contribution is -0.128. The summed E-state index contributed by atoms with van der Waals surface area (Å²) in [5, 5.41) is 29.0. The van der Waals surface area contributed by atoms with Gasteiger partial charge in [0.1, 0.15) is 18.1 Å². The normalized spacial score (nSPS) is 24.9. The summed E-state index contributed by atoms with van der Waals surface area (Å²) >= 11 is 6.71. The van der Waals surface area contributed by atoms with Crippen LogP contribution in [0.15, 0.2) is 18.3 Å². The number of nitrogens with zero attached hydrogens (tertiary/aromatic N) is 4. The van der Waals surface area contributed by atoms with Gasteiger partial charge in [-0.15, -0.1) is 0 Å². The number of piperidine rings is 1. The van der Waals surface area contributed by atoms with Crippen LogP contribution in [0.5, 0.6) is 5.75 Å². The second kappa shape index (κ2) is 16.0. The minimum Gasteiger partial charge on any atom is -0.486 e. The van der Waals surface area contributed by atoms with Gasteiger partial charge < -0.3 is 15.2 Å². The van der Waals surface area contributed by atoms with Gasteiger partial charge in [-0.1, -0.05) is 62.6 Å². The number of hydrogen-bond donors (Lipinski definition) is 4. The Bertz CT molecular complexity index is 1220. The zero-order valence-electron chi connectivity index (χ0n) is 26.7. The summed E-state index contributed by atoms with van der Waals surface area (Å²) in [5.41, 5.74) is 2.96. The molecule has 6 rings (SSSR count). The van der Waals surface area contributed by atoms with Gasteiger partial charge >= 0.3 is 0 Å². The van der Waals surface area contributed by atoms with Crippen LogP contribution in [-0.4, -0.2) is 86.8 Å². The summed E-state index contributed by atoms with van der Waals surface area (Å²) in [4.78, 5) is 18.3. The number of amides is 1. The van der Waals surface area contributed by atoms with Crippen LogP contribution >= 0.6 is 11.6 Å². The van der Waals surface area contributed by atoms with E-state index in [1.807, 2.05) is 6.07 Å². The Morgan fingerprint density at radius 2 is 1.87 bits per heavy atom. The average Bonchev–Trinajstić information content (AvgIpc) is 3.59. The molecule has 0 bridgehead atoms. The van der Waals surface area contributed by atoms with Crippen molar-refractivity contribution < 1.29 is 14.6 Å². The number of ether oxygens (including phenoxy) is 1. The maximum absolute atomic E-state index is 13.4. The second-order valence-electron chi connectivity index (χ2n) is 13.8. The van der Waals surface area contributed by atoms with Gasteiger partial charge in [0.2, 0.25) is 5.91 Å². The molecule has 3 atom stereocenters. The Morgan fingerprint density at radius 3 is 2.60 bits per heavy atom. The highest BCUT2D eigenvalue weighted by Gasteiger charge is 2.37. The molecule has 1 saturated heterocycles. The van der Waals surface area contributed by atoms with Gasteiger partial charge in [-0.3, -0.25) is 19.9 Å². The predicted octanol–water partition coefficient (Wildman–Crippen LogP) is 4.56. The smallest absolute Gasteiger partial charge is 0.223 e. The number of likely N-dealkylation sites (tertiary alicyclic amines) is 1. The maximum Gasteiger partial charge on any atom is 0.223 e. The third-order valence-corrected chi connectivity index (χ3v) is 11.0. The minimum absolute atomic E-state index is 0.00734. The van der Waals surface area contributed by atoms with E-state index in [1.54, 1.807) is 6.20 Å². The largest absolute Gasteiger partial charge is 0.486 e. The molecule has 0 radical (unpaired) electrons. The zero-order chi connectivity index (χ0) is 31.0. The van der Waals surface area contributed by atoms with Gasteiger partial charge in [-0.05, 0) is 62.1 Å². The molecule has 4 N–H and O–H groups in total. The van der Waals surface area contributed by atoms with E-state index >= 15 is 0 Å². The predicted molar refractivity (Wildman–Crippen MR) is 175 cm³/mol. The van der Waals surface area contributed by atoms with Gasteiger partial charge in [0.15, 0.2) is 0 Å². The monoisotopic (exact) mass is 641 g/mol. The first-order valence-corrected chi connectivity index (χ1v) is 17.9. The van der Waals surface area contributed by atoms with Gasteiger partial charge in [-0.2, -0.15) is 15.4 Å². The Morgan fingerprint density at radius 1 is 1.07 bits per heavy atom. The van der Waals surface area contributed by atoms with Crippen LogP contribution in [0.4, 0.5) is 0 Å². The number of carbonyl (C=O) groups excluding carboxylic acids is 1. The molecule has 2 unspecified atom stereocenters. The molecular formula is C34H52ClN7O3. The molecule has 248 valence electrons. The number of rotatable bonds is 11. The summed E-state index contributed by atoms with van der Waals surface area (Å²) in [6, 6.07) is 5.19. The number of nitrogens with one attached hydrogen (secondary N) is 3. The summed E-state index contributed by atoms with van der Waals surface area (Å²) in [7, 11) is 0. The number of hydrogen-bond acceptors (Lipinski definition) is 8. The van der Waals surface area contributed by atoms with E-state index in [0.29, 0.717) is 48.2 Å². The molecule has 2 aliphatic carbocycles. The highest BCUT2D eigenvalue weighted by atomic mass is 35.5. The van der Waals surface area contributed by atoms with Crippen molar-refractivity contribution in [2.24, 2.45) is 5.92 Å². The number of aromatic nitrogens is 3. The van der Waals surface area contributed by atoms with Gasteiger partial charge in [0.25, 0.3) is 0 Å². The first-order chi connectivity index (χ1) is 22.0. The van der Waals surface area contributed by atoms with E-state index in [9.17, 15) is 9.90 Å². The molecule has 2 aliphatic heterocycles. The van der Waals surface area contributed by atoms with Crippen molar-refractivity contribution in [3.63, 3.8) is 0 Å². The molecule has 4 aliphatic rings. The zero-order valence-corrected chi connectivity index (χ0v) is 27.4. The fourth-order valence-electron chi connectivity index (χ4n) is 7.70. The van der Waals surface area contributed by atoms with E-state index in [1.165, 1.54) is 70.6 Å². The van der Waals surface area contributed by atoms with E-state index in [2.05, 4.69) is 41.9 Å². The second-order valence-corrected chi connectivity index (χ2v) is 14.1. The van der Waals surface area contributed by atoms with E-state index in [4.69, 9.17) is 16.3 Å². The van der Waals surface area contributed by atoms with Crippen molar-refractivity contribution in [1.29, 1.82) is 0 Å². The van der Waals surface area contributed by atoms with Crippen LogP contribution in [0, 0.1) is 5.92 Å². The third-order valence-electron chi connectivity index (χ3n) is 10.5. The van der Waals surface area contributed by atoms with Crippen molar-refractivity contribution in [1.82, 2.24) is 35.8 Å². The number of fused-ring (bicyclic) bond motifs is 1. The van der Waals surface area contributed by atoms with Gasteiger partial charge in [0.05, 0.1) is 23.5 Å². The van der Waals surface area contributed by atoms with E-state index in [0.717, 1.165) is 43.5 Å². The average molecular weight is 642 g/mol. The number of aromatic amines is 1. The van der Waals surface area contributed by atoms with Crippen molar-refractivity contribution in [2.45, 2.75) is 127 Å². The van der Waals surface area contributed by atoms with Gasteiger partial charge in [-0.25, -0.2) is 0 Å². The molecule has 1 amide bonds. The number of β-amino-alcohol motifs (C(OH)–C–C–N with tert-alkyl or cyclic N) is 1. The summed E-state index contributed by atoms with van der Waals surface area (Å²) in [5.74, 6) is 0.732. The summed E-state index contributed by atoms with van der Waals surface area (Å²) in [6.07, 6.45) is 18.4. The first-order valence-electron chi connectivity index (χ1n) is 17.5. The standard InChI is InChI=1S/C34H52ClN7O3/c35-33-30-15-16-41(21-25(30)12-13-31(33)45-23-27-19-37-40-39-27)22-29(43)20-36-34(44)24-14-17-42(32(18-24)38-26-8-7-9-26)28-10-5-3-1-2-4-6-11-28/h12-13,19,24,26,28-29,32,38,43H,1-11,14-18,20-23H2,(H,36,44)(H,37,39,40)/t24?,29-,32?/m0/s1. The van der Waals surface area contributed by atoms with Crippen molar-refractivity contribution in [3.05, 3.63) is 40.2 Å². The van der Waals surface area contributed by atoms with Crippen LogP contribution in [-0.2, 0) is 24.4 Å². The number of benzene rings is 1. The maximum atomic E-state index is 13.4. The number of halogens is 1. The van der Waals surface area contributed by atoms with Crippen molar-refractivity contribution >= 4 is 17.5 Å². The number of carbonyl (C=O) groups is 1. The number of aliphatic hydroxyl groups excluding tert-OH is 1. The minimum atomic E-state index is -0.626. The molecule has 0 spiro atoms. The third kappa shape index (κ3) is 8.77. The Balaban J connectivity index is 0.970. The van der Waals surface area contributed by atoms with Crippen LogP contribution < -0.4 is 15.4 Å². The van der Waals surface area contributed by atoms with Crippen LogP contribution in [0.1, 0.15) is 100 Å². The van der Waals surface area contributed by atoms with Crippen LogP contribution in [0.25, 0.3) is 0 Å². The molecule has 10 nitrogen and oxygen atoms in total. The van der Waals surface area contributed by atoms with E-state index < -0.39 is 6.10 Å². The molecule has 1 aromatic carbocycles. The molecule has 11 heteroatoms. The summed E-state index contributed by atoms with van der Waals surface area (Å²) < 4.78 is 5.87. The molecule has 2 aromatic rings. The fraction of sp³-hybridized carbons (Fsp3) is 0.735. The van der Waals surface area contributed by atoms with Crippen LogP contribution in [0.3, 0.4) is 0 Å². The molecule has 3 heterocycles. The highest BCUT2D eigenvalue weighted by Crippen LogP contribution is 2.35. The lowest BCUT2D eigenvalue weighted by Gasteiger charge is -2.46. The lowest BCUT2D eigenvalue weighted by Crippen LogP contribution is -2.59. The number of H-pyrrole nitrogens is 1. The van der Waals surface area contributed by atoms with Crippen LogP contribution in [0.2, 0.25) is 5.02 Å². The Kier molecular flexibility index (Phi) is 11.7. The highest BCUT2D eigenvalue weighted by molar-refractivity contribution is 6.33. The van der Waals surface area contributed by atoms with Crippen molar-refractivity contribution in [3.8, 4) is 5.75 Å². The quantitative estimate of drug-likeness (QED) is 0.282. The Hall–Kier alpha value is -2.24. The van der Waals surface area contributed by atoms with E-state index in [-0.39, 0.29) is 24.5 Å². The molecule has 2 saturated carbocycles. The summed E-state index contributed by atoms with van der Waals surface area (Å²) in [6.45, 7) is 3.57. The fourth-order valence-corrected chi connectivity index (χ4v) is 8.03. The molecule has 3 fully saturated rings. The SMILES string of the molecule is O=C(NC[C@H](O)CN1CCc2c(ccc(OCc3cn[nH]n3)c2Cl)C1)C1CCN(C2CCCCCCCC2)C(NC2CCC2)C1. The topological polar surface area (TPSA) is 119 Å². The lowest BCUT2D eigenvalue weighted by atomic mass is 9.87. The Labute approximate surface area is 273 Å². The molecule has 1 aromatic heterocycles. The van der Waals surface area contributed by atoms with Crippen molar-refractivity contribution in [2.75, 3.05) is 26.2 Å². The number of aliphatic hydroxyl groups is 1. The molecule has 45 heavy (non-hydrogen) atoms. The first kappa shape index (κ1) is 32.7. The molecular weight excluding hydrogens is 590 g/mol.